The molecule has 0 amide bonds. The predicted molar refractivity (Wildman–Crippen MR) is 89.8 cm³/mol. The Hall–Kier alpha value is -1.89. The third kappa shape index (κ3) is 2.92. The molecular weight excluding hydrogens is 354 g/mol. The van der Waals surface area contributed by atoms with Gasteiger partial charge in [-0.05, 0) is 46.3 Å². The Morgan fingerprint density at radius 1 is 1.10 bits per heavy atom. The zero-order valence-corrected chi connectivity index (χ0v) is 13.1. The zero-order chi connectivity index (χ0) is 14.8. The molecule has 0 unspecified atom stereocenters. The van der Waals surface area contributed by atoms with Crippen molar-refractivity contribution in [3.63, 3.8) is 0 Å². The number of nitrogen functional groups attached to an aromatic ring is 1. The lowest BCUT2D eigenvalue weighted by Gasteiger charge is -2.12. The number of rotatable bonds is 3. The van der Waals surface area contributed by atoms with E-state index < -0.39 is 0 Å². The lowest BCUT2D eigenvalue weighted by atomic mass is 10.2. The maximum atomic E-state index is 5.95. The van der Waals surface area contributed by atoms with Crippen LogP contribution in [0.5, 0.6) is 0 Å². The molecule has 3 rings (SSSR count). The van der Waals surface area contributed by atoms with E-state index in [4.69, 9.17) is 17.4 Å². The van der Waals surface area contributed by atoms with Crippen molar-refractivity contribution in [1.82, 2.24) is 9.97 Å². The maximum absolute atomic E-state index is 5.95. The highest BCUT2D eigenvalue weighted by atomic mass is 79.9. The quantitative estimate of drug-likeness (QED) is 0.482. The van der Waals surface area contributed by atoms with E-state index in [0.29, 0.717) is 16.8 Å². The van der Waals surface area contributed by atoms with Gasteiger partial charge in [0.25, 0.3) is 0 Å². The van der Waals surface area contributed by atoms with Crippen LogP contribution < -0.4 is 16.6 Å². The Morgan fingerprint density at radius 3 is 2.67 bits per heavy atom. The molecule has 7 heteroatoms. The Morgan fingerprint density at radius 2 is 1.90 bits per heavy atom. The molecule has 0 spiro atoms. The van der Waals surface area contributed by atoms with E-state index in [1.165, 1.54) is 0 Å². The number of aromatic nitrogens is 2. The van der Waals surface area contributed by atoms with Crippen LogP contribution in [0.2, 0.25) is 5.02 Å². The molecule has 0 aliphatic heterocycles. The molecule has 0 radical (unpaired) electrons. The largest absolute Gasteiger partial charge is 0.339 e. The average molecular weight is 365 g/mol. The Labute approximate surface area is 134 Å². The smallest absolute Gasteiger partial charge is 0.239 e. The van der Waals surface area contributed by atoms with Gasteiger partial charge in [-0.3, -0.25) is 5.43 Å². The summed E-state index contributed by atoms with van der Waals surface area (Å²) in [6, 6.07) is 13.2. The zero-order valence-electron chi connectivity index (χ0n) is 10.8. The van der Waals surface area contributed by atoms with E-state index >= 15 is 0 Å². The standard InChI is InChI=1S/C14H11BrClN5/c15-10-7-8(16)5-6-12(10)18-13-9-3-1-2-4-11(9)19-14(20-13)21-17/h1-7H,17H2,(H2,18,19,20,21). The summed E-state index contributed by atoms with van der Waals surface area (Å²) < 4.78 is 0.847. The van der Waals surface area contributed by atoms with Crippen LogP contribution in [0, 0.1) is 0 Å². The highest BCUT2D eigenvalue weighted by Crippen LogP contribution is 2.31. The number of nitrogens with two attached hydrogens (primary N) is 1. The van der Waals surface area contributed by atoms with Crippen molar-refractivity contribution in [1.29, 1.82) is 0 Å². The molecule has 3 aromatic rings. The van der Waals surface area contributed by atoms with E-state index in [-0.39, 0.29) is 0 Å². The van der Waals surface area contributed by atoms with Crippen LogP contribution in [0.15, 0.2) is 46.9 Å². The number of hydrogen-bond donors (Lipinski definition) is 3. The number of hydrogen-bond acceptors (Lipinski definition) is 5. The van der Waals surface area contributed by atoms with Gasteiger partial charge in [0.15, 0.2) is 0 Å². The third-order valence-corrected chi connectivity index (χ3v) is 3.81. The number of nitrogens with zero attached hydrogens (tertiary/aromatic N) is 2. The molecule has 0 bridgehead atoms. The highest BCUT2D eigenvalue weighted by molar-refractivity contribution is 9.10. The summed E-state index contributed by atoms with van der Waals surface area (Å²) in [6.07, 6.45) is 0. The van der Waals surface area contributed by atoms with Gasteiger partial charge in [0.2, 0.25) is 5.95 Å². The topological polar surface area (TPSA) is 75.9 Å². The minimum Gasteiger partial charge on any atom is -0.339 e. The lowest BCUT2D eigenvalue weighted by Crippen LogP contribution is -2.11. The minimum atomic E-state index is 0.348. The SMILES string of the molecule is NNc1nc(Nc2ccc(Cl)cc2Br)c2ccccc2n1. The molecule has 0 saturated carbocycles. The second-order valence-corrected chi connectivity index (χ2v) is 5.60. The van der Waals surface area contributed by atoms with Crippen LogP contribution in [0.4, 0.5) is 17.5 Å². The van der Waals surface area contributed by atoms with Crippen molar-refractivity contribution in [2.24, 2.45) is 5.84 Å². The molecule has 21 heavy (non-hydrogen) atoms. The maximum Gasteiger partial charge on any atom is 0.239 e. The lowest BCUT2D eigenvalue weighted by molar-refractivity contribution is 1.15. The van der Waals surface area contributed by atoms with Crippen molar-refractivity contribution in [3.05, 3.63) is 52.0 Å². The Kier molecular flexibility index (Phi) is 3.92. The van der Waals surface area contributed by atoms with Crippen LogP contribution in [0.1, 0.15) is 0 Å². The van der Waals surface area contributed by atoms with E-state index in [1.807, 2.05) is 36.4 Å². The molecule has 0 aliphatic rings. The van der Waals surface area contributed by atoms with E-state index in [0.717, 1.165) is 21.1 Å². The molecule has 1 aromatic heterocycles. The fraction of sp³-hybridized carbons (Fsp3) is 0. The van der Waals surface area contributed by atoms with E-state index in [1.54, 1.807) is 6.07 Å². The average Bonchev–Trinajstić information content (AvgIpc) is 2.49. The van der Waals surface area contributed by atoms with Crippen LogP contribution in [-0.2, 0) is 0 Å². The molecule has 5 nitrogen and oxygen atoms in total. The van der Waals surface area contributed by atoms with Crippen LogP contribution in [0.3, 0.4) is 0 Å². The number of fused-ring (bicyclic) bond motifs is 1. The van der Waals surface area contributed by atoms with Gasteiger partial charge in [-0.1, -0.05) is 23.7 Å². The molecule has 1 heterocycles. The first-order chi connectivity index (χ1) is 10.2. The number of hydrazine groups is 1. The third-order valence-electron chi connectivity index (χ3n) is 2.92. The number of anilines is 3. The molecule has 0 fully saturated rings. The van der Waals surface area contributed by atoms with Crippen molar-refractivity contribution < 1.29 is 0 Å². The van der Waals surface area contributed by atoms with Crippen molar-refractivity contribution in [2.45, 2.75) is 0 Å². The number of halogens is 2. The van der Waals surface area contributed by atoms with Crippen LogP contribution in [-0.4, -0.2) is 9.97 Å². The summed E-state index contributed by atoms with van der Waals surface area (Å²) >= 11 is 9.43. The van der Waals surface area contributed by atoms with Gasteiger partial charge in [-0.2, -0.15) is 4.98 Å². The second-order valence-electron chi connectivity index (χ2n) is 4.31. The summed E-state index contributed by atoms with van der Waals surface area (Å²) in [5, 5.41) is 4.82. The Balaban J connectivity index is 2.10. The fourth-order valence-electron chi connectivity index (χ4n) is 1.95. The Bertz CT molecular complexity index is 808. The van der Waals surface area contributed by atoms with Crippen molar-refractivity contribution in [3.8, 4) is 0 Å². The summed E-state index contributed by atoms with van der Waals surface area (Å²) in [5.74, 6) is 6.44. The highest BCUT2D eigenvalue weighted by Gasteiger charge is 2.09. The normalized spacial score (nSPS) is 10.6. The molecule has 106 valence electrons. The van der Waals surface area contributed by atoms with Gasteiger partial charge < -0.3 is 5.32 Å². The number of nitrogens with one attached hydrogen (secondary N) is 2. The summed E-state index contributed by atoms with van der Waals surface area (Å²) in [6.45, 7) is 0. The molecule has 4 N–H and O–H groups in total. The van der Waals surface area contributed by atoms with Gasteiger partial charge >= 0.3 is 0 Å². The van der Waals surface area contributed by atoms with Crippen LogP contribution >= 0.6 is 27.5 Å². The van der Waals surface area contributed by atoms with Crippen molar-refractivity contribution >= 4 is 55.9 Å². The summed E-state index contributed by atoms with van der Waals surface area (Å²) in [4.78, 5) is 8.68. The minimum absolute atomic E-state index is 0.348. The number of para-hydroxylation sites is 1. The summed E-state index contributed by atoms with van der Waals surface area (Å²) in [5.41, 5.74) is 4.13. The van der Waals surface area contributed by atoms with Gasteiger partial charge in [0, 0.05) is 14.9 Å². The second kappa shape index (κ2) is 5.85. The van der Waals surface area contributed by atoms with E-state index in [9.17, 15) is 0 Å². The molecule has 2 aromatic carbocycles. The van der Waals surface area contributed by atoms with Crippen LogP contribution in [0.25, 0.3) is 10.9 Å². The fourth-order valence-corrected chi connectivity index (χ4v) is 2.74. The first kappa shape index (κ1) is 14.1. The van der Waals surface area contributed by atoms with E-state index in [2.05, 4.69) is 36.6 Å². The van der Waals surface area contributed by atoms with Crippen molar-refractivity contribution in [2.75, 3.05) is 10.7 Å². The molecule has 0 saturated heterocycles. The van der Waals surface area contributed by atoms with Gasteiger partial charge in [0.05, 0.1) is 11.2 Å². The monoisotopic (exact) mass is 363 g/mol. The van der Waals surface area contributed by atoms with Gasteiger partial charge in [-0.25, -0.2) is 10.8 Å². The summed E-state index contributed by atoms with van der Waals surface area (Å²) in [7, 11) is 0. The predicted octanol–water partition coefficient (Wildman–Crippen LogP) is 4.07. The molecule has 0 atom stereocenters. The first-order valence-electron chi connectivity index (χ1n) is 6.13. The first-order valence-corrected chi connectivity index (χ1v) is 7.30. The number of benzene rings is 2. The molecular formula is C14H11BrClN5. The van der Waals surface area contributed by atoms with Gasteiger partial charge in [0.1, 0.15) is 5.82 Å². The van der Waals surface area contributed by atoms with Gasteiger partial charge in [-0.15, -0.1) is 0 Å². The molecule has 0 aliphatic carbocycles.